The van der Waals surface area contributed by atoms with Gasteiger partial charge in [-0.2, -0.15) is 0 Å². The molecule has 2 aromatic carbocycles. The Bertz CT molecular complexity index is 1380. The van der Waals surface area contributed by atoms with Crippen LogP contribution in [0.2, 0.25) is 10.0 Å². The number of methoxy groups -OCH3 is 2. The van der Waals surface area contributed by atoms with Crippen LogP contribution in [0, 0.1) is 0 Å². The summed E-state index contributed by atoms with van der Waals surface area (Å²) in [4.78, 5) is 25.5. The number of ether oxygens (including phenoxy) is 2. The van der Waals surface area contributed by atoms with E-state index in [4.69, 9.17) is 38.4 Å². The Labute approximate surface area is 250 Å². The second kappa shape index (κ2) is 13.8. The normalized spacial score (nSPS) is 14.2. The van der Waals surface area contributed by atoms with Crippen molar-refractivity contribution in [3.05, 3.63) is 70.1 Å². The number of aromatic nitrogens is 2. The van der Waals surface area contributed by atoms with E-state index in [0.717, 1.165) is 37.2 Å². The number of halogens is 2. The highest BCUT2D eigenvalue weighted by molar-refractivity contribution is 6.41. The van der Waals surface area contributed by atoms with Gasteiger partial charge >= 0.3 is 6.03 Å². The van der Waals surface area contributed by atoms with E-state index >= 15 is 0 Å². The highest BCUT2D eigenvalue weighted by Crippen LogP contribution is 2.44. The van der Waals surface area contributed by atoms with E-state index in [0.29, 0.717) is 35.5 Å². The Morgan fingerprint density at radius 3 is 2.44 bits per heavy atom. The predicted molar refractivity (Wildman–Crippen MR) is 165 cm³/mol. The molecule has 10 nitrogen and oxygen atoms in total. The summed E-state index contributed by atoms with van der Waals surface area (Å²) in [6.45, 7) is 2.19. The minimum Gasteiger partial charge on any atom is -0.495 e. The van der Waals surface area contributed by atoms with Gasteiger partial charge in [0.2, 0.25) is 0 Å². The van der Waals surface area contributed by atoms with E-state index in [1.165, 1.54) is 31.0 Å². The van der Waals surface area contributed by atoms with Crippen molar-refractivity contribution in [1.82, 2.24) is 14.9 Å². The first-order valence-corrected chi connectivity index (χ1v) is 13.9. The molecule has 0 unspecified atom stereocenters. The first-order valence-electron chi connectivity index (χ1n) is 13.2. The maximum atomic E-state index is 13.2. The van der Waals surface area contributed by atoms with Gasteiger partial charge in [0.05, 0.1) is 19.9 Å². The van der Waals surface area contributed by atoms with Crippen LogP contribution in [0.25, 0.3) is 0 Å². The first kappa shape index (κ1) is 30.2. The molecule has 0 saturated carbocycles. The summed E-state index contributed by atoms with van der Waals surface area (Å²) in [6.07, 6.45) is 7.81. The molecule has 1 saturated heterocycles. The minimum absolute atomic E-state index is 0.146. The molecule has 0 spiro atoms. The highest BCUT2D eigenvalue weighted by Gasteiger charge is 2.22. The molecule has 1 aromatic heterocycles. The van der Waals surface area contributed by atoms with Crippen LogP contribution in [0.1, 0.15) is 29.9 Å². The molecule has 12 heteroatoms. The number of rotatable bonds is 9. The molecule has 1 fully saturated rings. The topological polar surface area (TPSA) is 118 Å². The van der Waals surface area contributed by atoms with Gasteiger partial charge in [0.15, 0.2) is 0 Å². The largest absolute Gasteiger partial charge is 0.495 e. The third-order valence-corrected chi connectivity index (χ3v) is 7.91. The zero-order valence-electron chi connectivity index (χ0n) is 23.6. The van der Waals surface area contributed by atoms with Crippen LogP contribution in [0.4, 0.5) is 27.8 Å². The lowest BCUT2D eigenvalue weighted by Crippen LogP contribution is -2.32. The molecule has 2 amide bonds. The van der Waals surface area contributed by atoms with Crippen molar-refractivity contribution in [1.29, 1.82) is 0 Å². The number of hydrogen-bond donors (Lipinski definition) is 3. The SMILES string of the molecule is COc1cc(OC)c(Cl)c(NC(=O)N(C)c2cc(Nc3ccc(C4CCN(C)CC4)cc3CC=CN)ncn2)c1Cl. The Kier molecular flexibility index (Phi) is 10.1. The number of amides is 2. The van der Waals surface area contributed by atoms with Gasteiger partial charge in [-0.15, -0.1) is 0 Å². The van der Waals surface area contributed by atoms with Crippen molar-refractivity contribution in [3.63, 3.8) is 0 Å². The van der Waals surface area contributed by atoms with E-state index < -0.39 is 6.03 Å². The number of nitrogens with two attached hydrogens (primary N) is 1. The second-order valence-corrected chi connectivity index (χ2v) is 10.5. The third kappa shape index (κ3) is 7.13. The van der Waals surface area contributed by atoms with Gasteiger partial charge in [-0.3, -0.25) is 4.90 Å². The maximum Gasteiger partial charge on any atom is 0.327 e. The van der Waals surface area contributed by atoms with Crippen LogP contribution in [0.3, 0.4) is 0 Å². The number of nitrogens with zero attached hydrogens (tertiary/aromatic N) is 4. The van der Waals surface area contributed by atoms with E-state index in [9.17, 15) is 4.79 Å². The Hall–Kier alpha value is -3.73. The summed E-state index contributed by atoms with van der Waals surface area (Å²) in [6, 6.07) is 9.20. The van der Waals surface area contributed by atoms with E-state index in [1.54, 1.807) is 25.4 Å². The Balaban J connectivity index is 1.54. The average molecular weight is 601 g/mol. The van der Waals surface area contributed by atoms with Gasteiger partial charge in [-0.1, -0.05) is 41.4 Å². The number of piperidine rings is 1. The van der Waals surface area contributed by atoms with Crippen molar-refractivity contribution in [2.24, 2.45) is 5.73 Å². The number of likely N-dealkylation sites (tertiary alicyclic amines) is 1. The smallest absolute Gasteiger partial charge is 0.327 e. The molecule has 1 aliphatic rings. The molecule has 218 valence electrons. The van der Waals surface area contributed by atoms with Gasteiger partial charge in [0.1, 0.15) is 39.5 Å². The predicted octanol–water partition coefficient (Wildman–Crippen LogP) is 6.04. The first-order chi connectivity index (χ1) is 19.7. The van der Waals surface area contributed by atoms with Crippen LogP contribution in [0.5, 0.6) is 11.5 Å². The van der Waals surface area contributed by atoms with Gasteiger partial charge in [-0.05, 0) is 68.7 Å². The van der Waals surface area contributed by atoms with Gasteiger partial charge in [-0.25, -0.2) is 14.8 Å². The third-order valence-electron chi connectivity index (χ3n) is 7.16. The fourth-order valence-corrected chi connectivity index (χ4v) is 5.32. The van der Waals surface area contributed by atoms with E-state index in [-0.39, 0.29) is 15.7 Å². The van der Waals surface area contributed by atoms with Crippen molar-refractivity contribution in [3.8, 4) is 11.5 Å². The summed E-state index contributed by atoms with van der Waals surface area (Å²) in [5.74, 6) is 2.03. The van der Waals surface area contributed by atoms with Crippen molar-refractivity contribution >= 4 is 52.2 Å². The lowest BCUT2D eigenvalue weighted by Gasteiger charge is -2.29. The number of urea groups is 1. The molecule has 3 aromatic rings. The van der Waals surface area contributed by atoms with Gasteiger partial charge in [0.25, 0.3) is 0 Å². The summed E-state index contributed by atoms with van der Waals surface area (Å²) < 4.78 is 10.6. The van der Waals surface area contributed by atoms with Gasteiger partial charge < -0.3 is 30.7 Å². The lowest BCUT2D eigenvalue weighted by atomic mass is 9.88. The lowest BCUT2D eigenvalue weighted by molar-refractivity contribution is 0.255. The van der Waals surface area contributed by atoms with Crippen molar-refractivity contribution in [2.45, 2.75) is 25.2 Å². The fourth-order valence-electron chi connectivity index (χ4n) is 4.72. The van der Waals surface area contributed by atoms with Gasteiger partial charge in [0, 0.05) is 24.9 Å². The monoisotopic (exact) mass is 599 g/mol. The minimum atomic E-state index is -0.523. The van der Waals surface area contributed by atoms with Crippen molar-refractivity contribution < 1.29 is 14.3 Å². The zero-order valence-corrected chi connectivity index (χ0v) is 25.1. The molecule has 41 heavy (non-hydrogen) atoms. The summed E-state index contributed by atoms with van der Waals surface area (Å²) >= 11 is 12.8. The molecule has 1 aliphatic heterocycles. The quantitative estimate of drug-likeness (QED) is 0.272. The number of carbonyl (C=O) groups excluding carboxylic acids is 1. The molecule has 0 radical (unpaired) electrons. The molecule has 0 atom stereocenters. The van der Waals surface area contributed by atoms with Crippen molar-refractivity contribution in [2.75, 3.05) is 56.9 Å². The van der Waals surface area contributed by atoms with Crippen LogP contribution in [-0.2, 0) is 6.42 Å². The molecule has 0 aliphatic carbocycles. The second-order valence-electron chi connectivity index (χ2n) is 9.79. The zero-order chi connectivity index (χ0) is 29.5. The van der Waals surface area contributed by atoms with E-state index in [1.807, 2.05) is 6.08 Å². The molecule has 4 N–H and O–H groups in total. The maximum absolute atomic E-state index is 13.2. The molecular formula is C29H35Cl2N7O3. The molecule has 0 bridgehead atoms. The summed E-state index contributed by atoms with van der Waals surface area (Å²) in [5, 5.41) is 6.40. The number of hydrogen-bond acceptors (Lipinski definition) is 8. The number of anilines is 4. The molecule has 4 rings (SSSR count). The van der Waals surface area contributed by atoms with Crippen LogP contribution >= 0.6 is 23.2 Å². The number of allylic oxidation sites excluding steroid dienone is 1. The Morgan fingerprint density at radius 1 is 1.12 bits per heavy atom. The average Bonchev–Trinajstić information content (AvgIpc) is 2.99. The number of nitrogens with one attached hydrogen (secondary N) is 2. The van der Waals surface area contributed by atoms with Crippen LogP contribution in [-0.4, -0.2) is 62.3 Å². The fraction of sp³-hybridized carbons (Fsp3) is 0.345. The van der Waals surface area contributed by atoms with Crippen LogP contribution < -0.4 is 30.7 Å². The van der Waals surface area contributed by atoms with E-state index in [2.05, 4.69) is 50.7 Å². The number of carbonyl (C=O) groups is 1. The molecular weight excluding hydrogens is 565 g/mol. The highest BCUT2D eigenvalue weighted by atomic mass is 35.5. The summed E-state index contributed by atoms with van der Waals surface area (Å²) in [5.41, 5.74) is 9.16. The van der Waals surface area contributed by atoms with Crippen LogP contribution in [0.15, 0.2) is 48.9 Å². The Morgan fingerprint density at radius 2 is 1.80 bits per heavy atom. The molecule has 2 heterocycles. The standard InChI is InChI=1S/C29H35Cl2N7O3/c1-37-12-9-18(10-13-37)19-7-8-21(20(14-19)6-5-11-32)35-24-16-25(34-17-33-24)38(2)29(39)36-28-26(30)22(40-3)15-23(41-4)27(28)31/h5,7-8,11,14-18H,6,9-10,12-13,32H2,1-4H3,(H,36,39)(H,33,34,35). The summed E-state index contributed by atoms with van der Waals surface area (Å²) in [7, 11) is 6.66. The number of benzene rings is 2.